The molecule has 1 atom stereocenters. The number of fused-ring (bicyclic) bond motifs is 3. The van der Waals surface area contributed by atoms with Crippen LogP contribution in [-0.4, -0.2) is 60.5 Å². The highest BCUT2D eigenvalue weighted by molar-refractivity contribution is 9.10. The first-order valence-corrected chi connectivity index (χ1v) is 12.8. The van der Waals surface area contributed by atoms with Crippen molar-refractivity contribution in [1.29, 1.82) is 0 Å². The monoisotopic (exact) mass is 571 g/mol. The van der Waals surface area contributed by atoms with Gasteiger partial charge >= 0.3 is 0 Å². The second-order valence-corrected chi connectivity index (χ2v) is 10.4. The van der Waals surface area contributed by atoms with Crippen molar-refractivity contribution >= 4 is 59.4 Å². The lowest BCUT2D eigenvalue weighted by atomic mass is 10.2. The minimum absolute atomic E-state index is 0.450. The van der Waals surface area contributed by atoms with E-state index in [2.05, 4.69) is 94.8 Å². The highest BCUT2D eigenvalue weighted by atomic mass is 79.9. The van der Waals surface area contributed by atoms with Crippen LogP contribution >= 0.6 is 31.9 Å². The van der Waals surface area contributed by atoms with Crippen LogP contribution in [-0.2, 0) is 6.54 Å². The Morgan fingerprint density at radius 3 is 2.06 bits per heavy atom. The van der Waals surface area contributed by atoms with Crippen molar-refractivity contribution in [2.75, 3.05) is 44.7 Å². The first kappa shape index (κ1) is 22.7. The Balaban J connectivity index is 1.29. The maximum atomic E-state index is 11.1. The summed E-state index contributed by atoms with van der Waals surface area (Å²) in [6, 6.07) is 20.9. The number of nitrogens with zero attached hydrogens (tertiary/aromatic N) is 3. The molecule has 0 bridgehead atoms. The number of rotatable bonds is 6. The number of aromatic nitrogens is 1. The van der Waals surface area contributed by atoms with Gasteiger partial charge in [0.2, 0.25) is 0 Å². The molecule has 7 heteroatoms. The summed E-state index contributed by atoms with van der Waals surface area (Å²) in [6.45, 7) is 4.91. The summed E-state index contributed by atoms with van der Waals surface area (Å²) in [4.78, 5) is 4.72. The van der Waals surface area contributed by atoms with E-state index in [0.717, 1.165) is 57.6 Å². The molecule has 1 aliphatic heterocycles. The van der Waals surface area contributed by atoms with Gasteiger partial charge in [-0.1, -0.05) is 44.0 Å². The van der Waals surface area contributed by atoms with Crippen molar-refractivity contribution in [2.24, 2.45) is 0 Å². The summed E-state index contributed by atoms with van der Waals surface area (Å²) in [5.74, 6) is 0.913. The van der Waals surface area contributed by atoms with Crippen molar-refractivity contribution < 1.29 is 9.84 Å². The summed E-state index contributed by atoms with van der Waals surface area (Å²) in [7, 11) is 1.72. The number of para-hydroxylation sites is 2. The Kier molecular flexibility index (Phi) is 6.65. The van der Waals surface area contributed by atoms with Gasteiger partial charge in [0.05, 0.1) is 25.4 Å². The third kappa shape index (κ3) is 4.64. The highest BCUT2D eigenvalue weighted by Crippen LogP contribution is 2.33. The molecule has 5 rings (SSSR count). The van der Waals surface area contributed by atoms with Gasteiger partial charge in [0.15, 0.2) is 0 Å². The van der Waals surface area contributed by atoms with E-state index in [1.54, 1.807) is 7.11 Å². The third-order valence-electron chi connectivity index (χ3n) is 6.45. The normalized spacial score (nSPS) is 15.9. The van der Waals surface area contributed by atoms with Crippen LogP contribution in [0.5, 0.6) is 5.75 Å². The Bertz CT molecular complexity index is 1220. The van der Waals surface area contributed by atoms with Gasteiger partial charge < -0.3 is 19.3 Å². The van der Waals surface area contributed by atoms with Gasteiger partial charge in [0.1, 0.15) is 5.75 Å². The average Bonchev–Trinajstić information content (AvgIpc) is 3.11. The SMILES string of the molecule is COc1ccccc1N1CCN(CC(O)Cn2c3ccc(Br)cc3c3cc(Br)ccc32)CC1. The number of benzene rings is 3. The summed E-state index contributed by atoms with van der Waals surface area (Å²) in [5, 5.41) is 13.4. The predicted octanol–water partition coefficient (Wildman–Crippen LogP) is 5.51. The Morgan fingerprint density at radius 2 is 1.45 bits per heavy atom. The van der Waals surface area contributed by atoms with E-state index in [0.29, 0.717) is 13.1 Å². The maximum Gasteiger partial charge on any atom is 0.142 e. The van der Waals surface area contributed by atoms with Gasteiger partial charge in [-0.05, 0) is 48.5 Å². The van der Waals surface area contributed by atoms with Crippen molar-refractivity contribution in [3.05, 3.63) is 69.6 Å². The second kappa shape index (κ2) is 9.66. The average molecular weight is 573 g/mol. The van der Waals surface area contributed by atoms with Crippen molar-refractivity contribution in [3.63, 3.8) is 0 Å². The smallest absolute Gasteiger partial charge is 0.142 e. The molecule has 5 nitrogen and oxygen atoms in total. The fraction of sp³-hybridized carbons (Fsp3) is 0.308. The van der Waals surface area contributed by atoms with Crippen LogP contribution in [0.4, 0.5) is 5.69 Å². The molecular formula is C26H27Br2N3O2. The van der Waals surface area contributed by atoms with E-state index >= 15 is 0 Å². The lowest BCUT2D eigenvalue weighted by Crippen LogP contribution is -2.49. The summed E-state index contributed by atoms with van der Waals surface area (Å²) < 4.78 is 9.89. The minimum atomic E-state index is -0.450. The molecular weight excluding hydrogens is 546 g/mol. The lowest BCUT2D eigenvalue weighted by Gasteiger charge is -2.37. The molecule has 172 valence electrons. The molecule has 1 unspecified atom stereocenters. The zero-order valence-corrected chi connectivity index (χ0v) is 21.7. The topological polar surface area (TPSA) is 40.9 Å². The van der Waals surface area contributed by atoms with Crippen LogP contribution in [0.1, 0.15) is 0 Å². The number of halogens is 2. The molecule has 3 aromatic carbocycles. The van der Waals surface area contributed by atoms with Gasteiger partial charge in [-0.15, -0.1) is 0 Å². The molecule has 0 aliphatic carbocycles. The molecule has 0 amide bonds. The number of piperazine rings is 1. The van der Waals surface area contributed by atoms with E-state index < -0.39 is 6.10 Å². The molecule has 1 aromatic heterocycles. The largest absolute Gasteiger partial charge is 0.495 e. The molecule has 1 aliphatic rings. The van der Waals surface area contributed by atoms with E-state index in [-0.39, 0.29) is 0 Å². The number of ether oxygens (including phenoxy) is 1. The predicted molar refractivity (Wildman–Crippen MR) is 142 cm³/mol. The molecule has 1 saturated heterocycles. The number of methoxy groups -OCH3 is 1. The molecule has 2 heterocycles. The van der Waals surface area contributed by atoms with Gasteiger partial charge in [0.25, 0.3) is 0 Å². The number of anilines is 1. The van der Waals surface area contributed by atoms with Gasteiger partial charge in [0, 0.05) is 63.5 Å². The van der Waals surface area contributed by atoms with Crippen LogP contribution in [0.3, 0.4) is 0 Å². The number of hydrogen-bond acceptors (Lipinski definition) is 4. The number of β-amino-alcohol motifs (C(OH)–C–C–N with tert-alkyl or cyclic N) is 1. The van der Waals surface area contributed by atoms with Crippen LogP contribution in [0, 0.1) is 0 Å². The Hall–Kier alpha value is -2.06. The first-order chi connectivity index (χ1) is 16.0. The standard InChI is InChI=1S/C26H27Br2N3O2/c1-33-26-5-3-2-4-25(26)30-12-10-29(11-13-30)16-20(32)17-31-23-8-6-18(27)14-21(23)22-15-19(28)7-9-24(22)31/h2-9,14-15,20,32H,10-13,16-17H2,1H3. The zero-order valence-electron chi connectivity index (χ0n) is 18.5. The lowest BCUT2D eigenvalue weighted by molar-refractivity contribution is 0.0968. The number of aliphatic hydroxyl groups excluding tert-OH is 1. The fourth-order valence-electron chi connectivity index (χ4n) is 4.87. The molecule has 0 saturated carbocycles. The Morgan fingerprint density at radius 1 is 0.848 bits per heavy atom. The van der Waals surface area contributed by atoms with Crippen LogP contribution in [0.15, 0.2) is 69.6 Å². The van der Waals surface area contributed by atoms with Gasteiger partial charge in [-0.3, -0.25) is 4.90 Å². The van der Waals surface area contributed by atoms with E-state index in [1.165, 1.54) is 10.8 Å². The molecule has 1 fully saturated rings. The third-order valence-corrected chi connectivity index (χ3v) is 7.44. The number of hydrogen-bond donors (Lipinski definition) is 1. The molecule has 1 N–H and O–H groups in total. The summed E-state index contributed by atoms with van der Waals surface area (Å²) in [5.41, 5.74) is 3.43. The van der Waals surface area contributed by atoms with Crippen LogP contribution in [0.25, 0.3) is 21.8 Å². The molecule has 0 radical (unpaired) electrons. The molecule has 4 aromatic rings. The first-order valence-electron chi connectivity index (χ1n) is 11.2. The van der Waals surface area contributed by atoms with E-state index in [4.69, 9.17) is 4.74 Å². The van der Waals surface area contributed by atoms with Crippen LogP contribution < -0.4 is 9.64 Å². The van der Waals surface area contributed by atoms with Crippen molar-refractivity contribution in [3.8, 4) is 5.75 Å². The van der Waals surface area contributed by atoms with E-state index in [9.17, 15) is 5.11 Å². The quantitative estimate of drug-likeness (QED) is 0.331. The number of aliphatic hydroxyl groups is 1. The summed E-state index contributed by atoms with van der Waals surface area (Å²) in [6.07, 6.45) is -0.450. The minimum Gasteiger partial charge on any atom is -0.495 e. The second-order valence-electron chi connectivity index (χ2n) is 8.55. The van der Waals surface area contributed by atoms with Crippen molar-refractivity contribution in [1.82, 2.24) is 9.47 Å². The van der Waals surface area contributed by atoms with Crippen LogP contribution in [0.2, 0.25) is 0 Å². The van der Waals surface area contributed by atoms with Gasteiger partial charge in [-0.2, -0.15) is 0 Å². The molecule has 33 heavy (non-hydrogen) atoms. The Labute approximate surface area is 210 Å². The maximum absolute atomic E-state index is 11.1. The highest BCUT2D eigenvalue weighted by Gasteiger charge is 2.22. The fourth-order valence-corrected chi connectivity index (χ4v) is 5.60. The molecule has 0 spiro atoms. The van der Waals surface area contributed by atoms with Crippen molar-refractivity contribution in [2.45, 2.75) is 12.6 Å². The summed E-state index contributed by atoms with van der Waals surface area (Å²) >= 11 is 7.21. The van der Waals surface area contributed by atoms with Gasteiger partial charge in [-0.25, -0.2) is 0 Å². The zero-order chi connectivity index (χ0) is 22.9. The van der Waals surface area contributed by atoms with E-state index in [1.807, 2.05) is 12.1 Å².